The molecule has 3 rings (SSSR count). The highest BCUT2D eigenvalue weighted by Gasteiger charge is 2.17. The van der Waals surface area contributed by atoms with Gasteiger partial charge in [-0.05, 0) is 81.4 Å². The molecule has 2 N–H and O–H groups in total. The molecule has 6 nitrogen and oxygen atoms in total. The van der Waals surface area contributed by atoms with E-state index in [1.54, 1.807) is 36.4 Å². The molecule has 0 aromatic heterocycles. The van der Waals surface area contributed by atoms with Crippen molar-refractivity contribution in [2.75, 3.05) is 30.9 Å². The molecule has 0 radical (unpaired) electrons. The van der Waals surface area contributed by atoms with Crippen molar-refractivity contribution in [3.05, 3.63) is 58.6 Å². The van der Waals surface area contributed by atoms with E-state index in [1.807, 2.05) is 0 Å². The molecule has 0 bridgehead atoms. The summed E-state index contributed by atoms with van der Waals surface area (Å²) in [5.74, 6) is -0.260. The molecule has 8 heteroatoms. The molecule has 0 saturated carbocycles. The number of rotatable bonds is 8. The van der Waals surface area contributed by atoms with Gasteiger partial charge in [-0.2, -0.15) is 0 Å². The second-order valence-corrected chi connectivity index (χ2v) is 9.75. The lowest BCUT2D eigenvalue weighted by Gasteiger charge is -2.26. The van der Waals surface area contributed by atoms with Crippen LogP contribution in [0.15, 0.2) is 57.9 Å². The van der Waals surface area contributed by atoms with Gasteiger partial charge in [0.25, 0.3) is 15.9 Å². The Kier molecular flexibility index (Phi) is 7.69. The summed E-state index contributed by atoms with van der Waals surface area (Å²) in [7, 11) is -3.77. The highest BCUT2D eigenvalue weighted by molar-refractivity contribution is 9.10. The molecular weight excluding hydrogens is 454 g/mol. The van der Waals surface area contributed by atoms with Crippen molar-refractivity contribution < 1.29 is 13.2 Å². The maximum Gasteiger partial charge on any atom is 0.261 e. The van der Waals surface area contributed by atoms with E-state index < -0.39 is 10.0 Å². The predicted octanol–water partition coefficient (Wildman–Crippen LogP) is 3.86. The lowest BCUT2D eigenvalue weighted by atomic mass is 10.1. The van der Waals surface area contributed by atoms with Crippen molar-refractivity contribution >= 4 is 37.5 Å². The van der Waals surface area contributed by atoms with E-state index in [2.05, 4.69) is 30.9 Å². The monoisotopic (exact) mass is 479 g/mol. The zero-order chi connectivity index (χ0) is 20.7. The van der Waals surface area contributed by atoms with Crippen LogP contribution in [0, 0.1) is 0 Å². The van der Waals surface area contributed by atoms with Crippen LogP contribution in [0.2, 0.25) is 0 Å². The smallest absolute Gasteiger partial charge is 0.261 e. The summed E-state index contributed by atoms with van der Waals surface area (Å²) in [6.45, 7) is 3.83. The normalized spacial score (nSPS) is 15.1. The van der Waals surface area contributed by atoms with Gasteiger partial charge in [0.15, 0.2) is 0 Å². The summed E-state index contributed by atoms with van der Waals surface area (Å²) in [4.78, 5) is 14.9. The Morgan fingerprint density at radius 2 is 1.76 bits per heavy atom. The molecule has 1 heterocycles. The Labute approximate surface area is 180 Å². The Morgan fingerprint density at radius 1 is 1.03 bits per heavy atom. The third kappa shape index (κ3) is 6.55. The molecular formula is C21H26BrN3O3S. The summed E-state index contributed by atoms with van der Waals surface area (Å²) >= 11 is 3.32. The molecule has 1 aliphatic heterocycles. The molecule has 0 unspecified atom stereocenters. The zero-order valence-corrected chi connectivity index (χ0v) is 18.6. The lowest BCUT2D eigenvalue weighted by Crippen LogP contribution is -2.33. The number of hydrogen-bond donors (Lipinski definition) is 2. The third-order valence-electron chi connectivity index (χ3n) is 4.89. The van der Waals surface area contributed by atoms with Gasteiger partial charge in [0, 0.05) is 22.3 Å². The van der Waals surface area contributed by atoms with Crippen molar-refractivity contribution in [1.82, 2.24) is 10.2 Å². The average molecular weight is 480 g/mol. The van der Waals surface area contributed by atoms with Gasteiger partial charge in [0.05, 0.1) is 4.90 Å². The first-order chi connectivity index (χ1) is 13.9. The minimum atomic E-state index is -3.77. The number of nitrogens with zero attached hydrogens (tertiary/aromatic N) is 1. The minimum Gasteiger partial charge on any atom is -0.352 e. The van der Waals surface area contributed by atoms with Gasteiger partial charge in [-0.15, -0.1) is 0 Å². The highest BCUT2D eigenvalue weighted by Crippen LogP contribution is 2.19. The lowest BCUT2D eigenvalue weighted by molar-refractivity contribution is 0.0951. The number of likely N-dealkylation sites (tertiary alicyclic amines) is 1. The van der Waals surface area contributed by atoms with Gasteiger partial charge in [0.1, 0.15) is 0 Å². The Bertz CT molecular complexity index is 926. The Morgan fingerprint density at radius 3 is 2.48 bits per heavy atom. The quantitative estimate of drug-likeness (QED) is 0.563. The summed E-state index contributed by atoms with van der Waals surface area (Å²) in [6, 6.07) is 12.9. The van der Waals surface area contributed by atoms with Gasteiger partial charge >= 0.3 is 0 Å². The molecule has 156 valence electrons. The van der Waals surface area contributed by atoms with E-state index in [1.165, 1.54) is 31.4 Å². The molecule has 1 saturated heterocycles. The van der Waals surface area contributed by atoms with Crippen LogP contribution in [0.25, 0.3) is 0 Å². The fourth-order valence-electron chi connectivity index (χ4n) is 3.33. The number of carbonyl (C=O) groups is 1. The minimum absolute atomic E-state index is 0.0568. The molecule has 0 aliphatic carbocycles. The second kappa shape index (κ2) is 10.2. The first kappa shape index (κ1) is 21.8. The average Bonchev–Trinajstić information content (AvgIpc) is 2.73. The van der Waals surface area contributed by atoms with Crippen LogP contribution in [0.4, 0.5) is 5.69 Å². The van der Waals surface area contributed by atoms with Gasteiger partial charge in [-0.25, -0.2) is 8.42 Å². The van der Waals surface area contributed by atoms with Crippen molar-refractivity contribution in [2.45, 2.75) is 30.6 Å². The molecule has 29 heavy (non-hydrogen) atoms. The zero-order valence-electron chi connectivity index (χ0n) is 16.2. The van der Waals surface area contributed by atoms with Gasteiger partial charge < -0.3 is 10.2 Å². The van der Waals surface area contributed by atoms with Crippen LogP contribution in [-0.2, 0) is 10.0 Å². The van der Waals surface area contributed by atoms with Crippen LogP contribution < -0.4 is 10.0 Å². The van der Waals surface area contributed by atoms with E-state index in [0.29, 0.717) is 17.8 Å². The van der Waals surface area contributed by atoms with Crippen LogP contribution >= 0.6 is 15.9 Å². The summed E-state index contributed by atoms with van der Waals surface area (Å²) < 4.78 is 28.7. The summed E-state index contributed by atoms with van der Waals surface area (Å²) in [6.07, 6.45) is 4.70. The molecule has 1 aliphatic rings. The second-order valence-electron chi connectivity index (χ2n) is 7.15. The standard InChI is InChI=1S/C21H26BrN3O3S/c22-18-8-10-19(11-9-18)24-29(27,28)20-7-4-6-17(16-20)21(26)23-12-5-15-25-13-2-1-3-14-25/h4,6-11,16,24H,1-3,5,12-15H2,(H,23,26). The van der Waals surface area contributed by atoms with Crippen molar-refractivity contribution in [2.24, 2.45) is 0 Å². The number of sulfonamides is 1. The molecule has 2 aromatic carbocycles. The Balaban J connectivity index is 1.56. The van der Waals surface area contributed by atoms with E-state index >= 15 is 0 Å². The van der Waals surface area contributed by atoms with Crippen molar-refractivity contribution in [1.29, 1.82) is 0 Å². The number of anilines is 1. The fourth-order valence-corrected chi connectivity index (χ4v) is 4.69. The first-order valence-electron chi connectivity index (χ1n) is 9.83. The van der Waals surface area contributed by atoms with Gasteiger partial charge in [-0.3, -0.25) is 9.52 Å². The number of amides is 1. The fraction of sp³-hybridized carbons (Fsp3) is 0.381. The molecule has 1 fully saturated rings. The molecule has 0 atom stereocenters. The van der Waals surface area contributed by atoms with Crippen molar-refractivity contribution in [3.63, 3.8) is 0 Å². The number of piperidine rings is 1. The van der Waals surface area contributed by atoms with E-state index in [4.69, 9.17) is 0 Å². The van der Waals surface area contributed by atoms with Gasteiger partial charge in [0.2, 0.25) is 0 Å². The number of hydrogen-bond acceptors (Lipinski definition) is 4. The molecule has 2 aromatic rings. The van der Waals surface area contributed by atoms with E-state index in [0.717, 1.165) is 30.5 Å². The number of carbonyl (C=O) groups excluding carboxylic acids is 1. The first-order valence-corrected chi connectivity index (χ1v) is 12.1. The van der Waals surface area contributed by atoms with E-state index in [9.17, 15) is 13.2 Å². The topological polar surface area (TPSA) is 78.5 Å². The van der Waals surface area contributed by atoms with Crippen LogP contribution in [0.1, 0.15) is 36.0 Å². The van der Waals surface area contributed by atoms with Crippen LogP contribution in [-0.4, -0.2) is 45.4 Å². The summed E-state index contributed by atoms with van der Waals surface area (Å²) in [5.41, 5.74) is 0.794. The van der Waals surface area contributed by atoms with E-state index in [-0.39, 0.29) is 10.8 Å². The molecule has 0 spiro atoms. The Hall–Kier alpha value is -1.90. The summed E-state index contributed by atoms with van der Waals surface area (Å²) in [5, 5.41) is 2.89. The number of halogens is 1. The maximum atomic E-state index is 12.6. The van der Waals surface area contributed by atoms with Crippen LogP contribution in [0.3, 0.4) is 0 Å². The van der Waals surface area contributed by atoms with Crippen molar-refractivity contribution in [3.8, 4) is 0 Å². The van der Waals surface area contributed by atoms with Crippen LogP contribution in [0.5, 0.6) is 0 Å². The number of nitrogens with one attached hydrogen (secondary N) is 2. The maximum absolute atomic E-state index is 12.6. The van der Waals surface area contributed by atoms with Gasteiger partial charge in [-0.1, -0.05) is 28.4 Å². The third-order valence-corrected chi connectivity index (χ3v) is 6.80. The SMILES string of the molecule is O=C(NCCCN1CCCCC1)c1cccc(S(=O)(=O)Nc2ccc(Br)cc2)c1. The molecule has 1 amide bonds. The largest absolute Gasteiger partial charge is 0.352 e. The highest BCUT2D eigenvalue weighted by atomic mass is 79.9. The number of benzene rings is 2. The predicted molar refractivity (Wildman–Crippen MR) is 119 cm³/mol.